The molecule has 2 rings (SSSR count). The fourth-order valence-electron chi connectivity index (χ4n) is 1.76. The van der Waals surface area contributed by atoms with Crippen molar-refractivity contribution in [2.75, 3.05) is 6.54 Å². The summed E-state index contributed by atoms with van der Waals surface area (Å²) in [7, 11) is 0. The molecule has 0 spiro atoms. The highest BCUT2D eigenvalue weighted by molar-refractivity contribution is 7.07. The van der Waals surface area contributed by atoms with Crippen LogP contribution in [0.15, 0.2) is 16.8 Å². The van der Waals surface area contributed by atoms with Crippen molar-refractivity contribution in [1.29, 1.82) is 0 Å². The minimum Gasteiger partial charge on any atom is -0.310 e. The summed E-state index contributed by atoms with van der Waals surface area (Å²) in [5, 5.41) is 19.5. The number of hydrogen-bond acceptors (Lipinski definition) is 5. The van der Waals surface area contributed by atoms with E-state index in [0.717, 1.165) is 12.4 Å². The molecule has 0 radical (unpaired) electrons. The second-order valence-corrected chi connectivity index (χ2v) is 5.58. The Morgan fingerprint density at radius 2 is 2.22 bits per heavy atom. The summed E-state index contributed by atoms with van der Waals surface area (Å²) in [6.07, 6.45) is 0. The van der Waals surface area contributed by atoms with Gasteiger partial charge in [0.2, 0.25) is 0 Å². The Kier molecular flexibility index (Phi) is 4.43. The van der Waals surface area contributed by atoms with E-state index >= 15 is 0 Å². The Labute approximate surface area is 111 Å². The van der Waals surface area contributed by atoms with Crippen LogP contribution in [-0.4, -0.2) is 26.8 Å². The molecule has 2 aromatic rings. The SMILES string of the molecule is CC(C)CNCc1nnnn1C(C)c1ccsc1. The summed E-state index contributed by atoms with van der Waals surface area (Å²) in [6, 6.07) is 2.30. The third-order valence-electron chi connectivity index (χ3n) is 2.79. The molecule has 0 fully saturated rings. The molecule has 2 heterocycles. The monoisotopic (exact) mass is 265 g/mol. The van der Waals surface area contributed by atoms with Gasteiger partial charge in [0.25, 0.3) is 0 Å². The first-order chi connectivity index (χ1) is 8.68. The van der Waals surface area contributed by atoms with E-state index < -0.39 is 0 Å². The first-order valence-electron chi connectivity index (χ1n) is 6.18. The van der Waals surface area contributed by atoms with Gasteiger partial charge in [0.05, 0.1) is 12.6 Å². The van der Waals surface area contributed by atoms with Gasteiger partial charge in [-0.15, -0.1) is 5.10 Å². The average molecular weight is 265 g/mol. The fourth-order valence-corrected chi connectivity index (χ4v) is 2.50. The molecule has 18 heavy (non-hydrogen) atoms. The fraction of sp³-hybridized carbons (Fsp3) is 0.583. The van der Waals surface area contributed by atoms with Crippen molar-refractivity contribution in [3.63, 3.8) is 0 Å². The molecule has 1 N–H and O–H groups in total. The van der Waals surface area contributed by atoms with Gasteiger partial charge in [-0.1, -0.05) is 13.8 Å². The summed E-state index contributed by atoms with van der Waals surface area (Å²) in [5.74, 6) is 1.51. The second kappa shape index (κ2) is 6.06. The molecule has 5 nitrogen and oxygen atoms in total. The van der Waals surface area contributed by atoms with Gasteiger partial charge in [-0.25, -0.2) is 4.68 Å². The summed E-state index contributed by atoms with van der Waals surface area (Å²) < 4.78 is 1.88. The third-order valence-corrected chi connectivity index (χ3v) is 3.49. The van der Waals surface area contributed by atoms with Gasteiger partial charge in [0.15, 0.2) is 5.82 Å². The molecule has 0 aliphatic rings. The van der Waals surface area contributed by atoms with Crippen LogP contribution in [0.25, 0.3) is 0 Å². The molecule has 1 atom stereocenters. The molecule has 0 aliphatic heterocycles. The van der Waals surface area contributed by atoms with E-state index in [9.17, 15) is 0 Å². The highest BCUT2D eigenvalue weighted by Gasteiger charge is 2.14. The van der Waals surface area contributed by atoms with Crippen LogP contribution in [0.1, 0.15) is 38.2 Å². The van der Waals surface area contributed by atoms with E-state index in [4.69, 9.17) is 0 Å². The van der Waals surface area contributed by atoms with Crippen LogP contribution in [0.3, 0.4) is 0 Å². The molecule has 0 bridgehead atoms. The van der Waals surface area contributed by atoms with Gasteiger partial charge >= 0.3 is 0 Å². The number of rotatable bonds is 6. The molecule has 98 valence electrons. The topological polar surface area (TPSA) is 55.6 Å². The van der Waals surface area contributed by atoms with E-state index in [0.29, 0.717) is 12.5 Å². The Balaban J connectivity index is 2.03. The number of nitrogens with one attached hydrogen (secondary N) is 1. The number of nitrogens with zero attached hydrogens (tertiary/aromatic N) is 4. The molecule has 6 heteroatoms. The van der Waals surface area contributed by atoms with Crippen molar-refractivity contribution < 1.29 is 0 Å². The molecule has 0 aliphatic carbocycles. The van der Waals surface area contributed by atoms with Crippen molar-refractivity contribution in [3.05, 3.63) is 28.2 Å². The number of aromatic nitrogens is 4. The van der Waals surface area contributed by atoms with Crippen molar-refractivity contribution in [1.82, 2.24) is 25.5 Å². The maximum absolute atomic E-state index is 4.09. The molecular formula is C12H19N5S. The van der Waals surface area contributed by atoms with Crippen molar-refractivity contribution in [2.45, 2.75) is 33.4 Å². The average Bonchev–Trinajstić information content (AvgIpc) is 2.98. The number of thiophene rings is 1. The van der Waals surface area contributed by atoms with Crippen LogP contribution < -0.4 is 5.32 Å². The summed E-state index contributed by atoms with van der Waals surface area (Å²) >= 11 is 1.70. The predicted octanol–water partition coefficient (Wildman–Crippen LogP) is 2.09. The second-order valence-electron chi connectivity index (χ2n) is 4.80. The zero-order chi connectivity index (χ0) is 13.0. The lowest BCUT2D eigenvalue weighted by atomic mass is 10.2. The smallest absolute Gasteiger partial charge is 0.165 e. The first kappa shape index (κ1) is 13.2. The Bertz CT molecular complexity index is 463. The van der Waals surface area contributed by atoms with Crippen molar-refractivity contribution in [3.8, 4) is 0 Å². The lowest BCUT2D eigenvalue weighted by Crippen LogP contribution is -2.23. The van der Waals surface area contributed by atoms with E-state index in [1.807, 2.05) is 4.68 Å². The zero-order valence-electron chi connectivity index (χ0n) is 11.0. The zero-order valence-corrected chi connectivity index (χ0v) is 11.8. The molecule has 0 saturated heterocycles. The van der Waals surface area contributed by atoms with E-state index in [-0.39, 0.29) is 6.04 Å². The maximum atomic E-state index is 4.09. The predicted molar refractivity (Wildman–Crippen MR) is 72.5 cm³/mol. The largest absolute Gasteiger partial charge is 0.310 e. The number of tetrazole rings is 1. The van der Waals surface area contributed by atoms with Gasteiger partial charge in [0, 0.05) is 0 Å². The van der Waals surface area contributed by atoms with E-state index in [1.165, 1.54) is 5.56 Å². The highest BCUT2D eigenvalue weighted by atomic mass is 32.1. The van der Waals surface area contributed by atoms with E-state index in [1.54, 1.807) is 11.3 Å². The molecule has 1 unspecified atom stereocenters. The van der Waals surface area contributed by atoms with Crippen LogP contribution in [0.5, 0.6) is 0 Å². The van der Waals surface area contributed by atoms with Crippen LogP contribution >= 0.6 is 11.3 Å². The first-order valence-corrected chi connectivity index (χ1v) is 7.12. The van der Waals surface area contributed by atoms with Crippen molar-refractivity contribution >= 4 is 11.3 Å². The molecule has 0 amide bonds. The van der Waals surface area contributed by atoms with Gasteiger partial charge in [-0.05, 0) is 52.2 Å². The van der Waals surface area contributed by atoms with Crippen LogP contribution in [0.2, 0.25) is 0 Å². The van der Waals surface area contributed by atoms with Crippen LogP contribution in [0, 0.1) is 5.92 Å². The highest BCUT2D eigenvalue weighted by Crippen LogP contribution is 2.19. The molecular weight excluding hydrogens is 246 g/mol. The molecule has 0 aromatic carbocycles. The van der Waals surface area contributed by atoms with Crippen LogP contribution in [0.4, 0.5) is 0 Å². The minimum atomic E-state index is 0.182. The summed E-state index contributed by atoms with van der Waals surface area (Å²) in [4.78, 5) is 0. The maximum Gasteiger partial charge on any atom is 0.165 e. The Morgan fingerprint density at radius 1 is 1.39 bits per heavy atom. The normalized spacial score (nSPS) is 13.1. The minimum absolute atomic E-state index is 0.182. The van der Waals surface area contributed by atoms with Gasteiger partial charge in [0.1, 0.15) is 0 Å². The Hall–Kier alpha value is -1.27. The van der Waals surface area contributed by atoms with Crippen molar-refractivity contribution in [2.24, 2.45) is 5.92 Å². The summed E-state index contributed by atoms with van der Waals surface area (Å²) in [6.45, 7) is 8.16. The van der Waals surface area contributed by atoms with Crippen LogP contribution in [-0.2, 0) is 6.54 Å². The Morgan fingerprint density at radius 3 is 2.89 bits per heavy atom. The molecule has 0 saturated carbocycles. The number of hydrogen-bond donors (Lipinski definition) is 1. The quantitative estimate of drug-likeness (QED) is 0.869. The lowest BCUT2D eigenvalue weighted by molar-refractivity contribution is 0.488. The van der Waals surface area contributed by atoms with Gasteiger partial charge < -0.3 is 5.32 Å². The third kappa shape index (κ3) is 3.14. The summed E-state index contributed by atoms with van der Waals surface area (Å²) in [5.41, 5.74) is 1.25. The standard InChI is InChI=1S/C12H19N5S/c1-9(2)6-13-7-12-14-15-16-17(12)10(3)11-4-5-18-8-11/h4-5,8-10,13H,6-7H2,1-3H3. The molecule has 2 aromatic heterocycles. The van der Waals surface area contributed by atoms with E-state index in [2.05, 4.69) is 58.4 Å². The lowest BCUT2D eigenvalue weighted by Gasteiger charge is -2.13. The van der Waals surface area contributed by atoms with Gasteiger partial charge in [-0.2, -0.15) is 11.3 Å². The van der Waals surface area contributed by atoms with Gasteiger partial charge in [-0.3, -0.25) is 0 Å².